The van der Waals surface area contributed by atoms with Crippen molar-refractivity contribution in [3.63, 3.8) is 0 Å². The van der Waals surface area contributed by atoms with Crippen molar-refractivity contribution in [3.8, 4) is 5.75 Å². The SMILES string of the molecule is CCCOc1ccc(NCCCN)cc1. The van der Waals surface area contributed by atoms with Crippen molar-refractivity contribution < 1.29 is 4.74 Å². The number of nitrogens with two attached hydrogens (primary N) is 1. The van der Waals surface area contributed by atoms with E-state index in [1.165, 1.54) is 0 Å². The lowest BCUT2D eigenvalue weighted by Gasteiger charge is -2.07. The summed E-state index contributed by atoms with van der Waals surface area (Å²) in [6.07, 6.45) is 2.03. The zero-order valence-corrected chi connectivity index (χ0v) is 9.33. The van der Waals surface area contributed by atoms with Crippen molar-refractivity contribution >= 4 is 5.69 Å². The first-order chi connectivity index (χ1) is 7.36. The van der Waals surface area contributed by atoms with E-state index in [0.29, 0.717) is 0 Å². The highest BCUT2D eigenvalue weighted by Crippen LogP contribution is 2.15. The minimum Gasteiger partial charge on any atom is -0.494 e. The number of nitrogens with one attached hydrogen (secondary N) is 1. The third-order valence-corrected chi connectivity index (χ3v) is 2.04. The van der Waals surface area contributed by atoms with Crippen LogP contribution < -0.4 is 15.8 Å². The van der Waals surface area contributed by atoms with Gasteiger partial charge in [0.2, 0.25) is 0 Å². The van der Waals surface area contributed by atoms with Gasteiger partial charge in [0, 0.05) is 12.2 Å². The van der Waals surface area contributed by atoms with Gasteiger partial charge in [0.25, 0.3) is 0 Å². The molecule has 1 aromatic carbocycles. The quantitative estimate of drug-likeness (QED) is 0.675. The van der Waals surface area contributed by atoms with Gasteiger partial charge < -0.3 is 15.8 Å². The molecule has 0 saturated heterocycles. The lowest BCUT2D eigenvalue weighted by molar-refractivity contribution is 0.317. The molecular formula is C12H20N2O. The van der Waals surface area contributed by atoms with E-state index in [2.05, 4.69) is 12.2 Å². The molecule has 0 bridgehead atoms. The van der Waals surface area contributed by atoms with Gasteiger partial charge in [-0.3, -0.25) is 0 Å². The van der Waals surface area contributed by atoms with Crippen molar-refractivity contribution in [3.05, 3.63) is 24.3 Å². The van der Waals surface area contributed by atoms with Crippen LogP contribution in [0, 0.1) is 0 Å². The highest BCUT2D eigenvalue weighted by molar-refractivity contribution is 5.46. The van der Waals surface area contributed by atoms with Gasteiger partial charge in [-0.1, -0.05) is 6.92 Å². The number of ether oxygens (including phenoxy) is 1. The first-order valence-electron chi connectivity index (χ1n) is 5.53. The fraction of sp³-hybridized carbons (Fsp3) is 0.500. The summed E-state index contributed by atoms with van der Waals surface area (Å²) in [6.45, 7) is 4.53. The monoisotopic (exact) mass is 208 g/mol. The second-order valence-corrected chi connectivity index (χ2v) is 3.44. The Morgan fingerprint density at radius 2 is 2.00 bits per heavy atom. The number of anilines is 1. The van der Waals surface area contributed by atoms with Crippen LogP contribution in [0.15, 0.2) is 24.3 Å². The lowest BCUT2D eigenvalue weighted by Crippen LogP contribution is -2.08. The summed E-state index contributed by atoms with van der Waals surface area (Å²) in [5.74, 6) is 0.932. The average molecular weight is 208 g/mol. The molecule has 0 atom stereocenters. The van der Waals surface area contributed by atoms with Gasteiger partial charge in [0.1, 0.15) is 5.75 Å². The molecule has 3 nitrogen and oxygen atoms in total. The molecule has 0 aromatic heterocycles. The van der Waals surface area contributed by atoms with E-state index in [0.717, 1.165) is 44.0 Å². The largest absolute Gasteiger partial charge is 0.494 e. The second kappa shape index (κ2) is 7.12. The molecule has 0 saturated carbocycles. The Bertz CT molecular complexity index is 259. The van der Waals surface area contributed by atoms with Gasteiger partial charge in [0.15, 0.2) is 0 Å². The predicted molar refractivity (Wildman–Crippen MR) is 64.4 cm³/mol. The minimum absolute atomic E-state index is 0.727. The molecule has 0 heterocycles. The fourth-order valence-corrected chi connectivity index (χ4v) is 1.22. The first-order valence-corrected chi connectivity index (χ1v) is 5.53. The summed E-state index contributed by atoms with van der Waals surface area (Å²) in [4.78, 5) is 0. The highest BCUT2D eigenvalue weighted by atomic mass is 16.5. The van der Waals surface area contributed by atoms with Gasteiger partial charge in [-0.15, -0.1) is 0 Å². The van der Waals surface area contributed by atoms with Crippen LogP contribution in [0.3, 0.4) is 0 Å². The van der Waals surface area contributed by atoms with Crippen LogP contribution in [0.1, 0.15) is 19.8 Å². The number of hydrogen-bond donors (Lipinski definition) is 2. The molecule has 3 heteroatoms. The molecule has 1 rings (SSSR count). The summed E-state index contributed by atoms with van der Waals surface area (Å²) in [6, 6.07) is 8.03. The van der Waals surface area contributed by atoms with E-state index in [1.807, 2.05) is 24.3 Å². The van der Waals surface area contributed by atoms with E-state index in [4.69, 9.17) is 10.5 Å². The van der Waals surface area contributed by atoms with E-state index >= 15 is 0 Å². The minimum atomic E-state index is 0.727. The molecule has 1 aromatic rings. The zero-order valence-electron chi connectivity index (χ0n) is 9.33. The Kier molecular flexibility index (Phi) is 5.63. The van der Waals surface area contributed by atoms with Crippen LogP contribution in [0.5, 0.6) is 5.75 Å². The standard InChI is InChI=1S/C12H20N2O/c1-2-10-15-12-6-4-11(5-7-12)14-9-3-8-13/h4-7,14H,2-3,8-10,13H2,1H3. The summed E-state index contributed by atoms with van der Waals surface area (Å²) in [7, 11) is 0. The van der Waals surface area contributed by atoms with Crippen LogP contribution in [0.2, 0.25) is 0 Å². The lowest BCUT2D eigenvalue weighted by atomic mass is 10.3. The summed E-state index contributed by atoms with van der Waals surface area (Å²) in [5, 5.41) is 3.29. The average Bonchev–Trinajstić information content (AvgIpc) is 2.28. The molecule has 84 valence electrons. The molecule has 0 radical (unpaired) electrons. The van der Waals surface area contributed by atoms with Crippen LogP contribution in [-0.2, 0) is 0 Å². The van der Waals surface area contributed by atoms with Crippen LogP contribution in [0.25, 0.3) is 0 Å². The Hall–Kier alpha value is -1.22. The van der Waals surface area contributed by atoms with E-state index in [1.54, 1.807) is 0 Å². The first kappa shape index (κ1) is 11.9. The molecular weight excluding hydrogens is 188 g/mol. The highest BCUT2D eigenvalue weighted by Gasteiger charge is 1.94. The molecule has 0 spiro atoms. The van der Waals surface area contributed by atoms with Gasteiger partial charge in [0.05, 0.1) is 6.61 Å². The smallest absolute Gasteiger partial charge is 0.119 e. The maximum absolute atomic E-state index is 5.49. The fourth-order valence-electron chi connectivity index (χ4n) is 1.22. The van der Waals surface area contributed by atoms with Crippen molar-refractivity contribution in [2.24, 2.45) is 5.73 Å². The molecule has 0 amide bonds. The molecule has 0 aliphatic heterocycles. The van der Waals surface area contributed by atoms with Gasteiger partial charge in [-0.05, 0) is 43.7 Å². The predicted octanol–water partition coefficient (Wildman–Crippen LogP) is 2.24. The number of benzene rings is 1. The number of hydrogen-bond acceptors (Lipinski definition) is 3. The summed E-state index contributed by atoms with van der Waals surface area (Å²) >= 11 is 0. The van der Waals surface area contributed by atoms with Crippen molar-refractivity contribution in [2.75, 3.05) is 25.0 Å². The van der Waals surface area contributed by atoms with Crippen molar-refractivity contribution in [2.45, 2.75) is 19.8 Å². The topological polar surface area (TPSA) is 47.3 Å². The second-order valence-electron chi connectivity index (χ2n) is 3.44. The molecule has 0 unspecified atom stereocenters. The third kappa shape index (κ3) is 4.70. The van der Waals surface area contributed by atoms with Gasteiger partial charge in [-0.2, -0.15) is 0 Å². The molecule has 3 N–H and O–H groups in total. The Morgan fingerprint density at radius 3 is 2.60 bits per heavy atom. The van der Waals surface area contributed by atoms with Crippen molar-refractivity contribution in [1.82, 2.24) is 0 Å². The molecule has 0 aliphatic carbocycles. The van der Waals surface area contributed by atoms with E-state index in [9.17, 15) is 0 Å². The summed E-state index contributed by atoms with van der Waals surface area (Å²) in [5.41, 5.74) is 6.53. The van der Waals surface area contributed by atoms with Gasteiger partial charge in [-0.25, -0.2) is 0 Å². The van der Waals surface area contributed by atoms with Crippen LogP contribution >= 0.6 is 0 Å². The molecule has 0 aliphatic rings. The Morgan fingerprint density at radius 1 is 1.27 bits per heavy atom. The summed E-state index contributed by atoms with van der Waals surface area (Å²) < 4.78 is 5.49. The van der Waals surface area contributed by atoms with E-state index < -0.39 is 0 Å². The van der Waals surface area contributed by atoms with Crippen LogP contribution in [-0.4, -0.2) is 19.7 Å². The third-order valence-electron chi connectivity index (χ3n) is 2.04. The van der Waals surface area contributed by atoms with E-state index in [-0.39, 0.29) is 0 Å². The van der Waals surface area contributed by atoms with Crippen molar-refractivity contribution in [1.29, 1.82) is 0 Å². The molecule has 0 fully saturated rings. The van der Waals surface area contributed by atoms with Crippen LogP contribution in [0.4, 0.5) is 5.69 Å². The number of rotatable bonds is 7. The Balaban J connectivity index is 2.35. The molecule has 15 heavy (non-hydrogen) atoms. The maximum atomic E-state index is 5.49. The Labute approximate surface area is 91.6 Å². The normalized spacial score (nSPS) is 10.0. The maximum Gasteiger partial charge on any atom is 0.119 e. The van der Waals surface area contributed by atoms with Gasteiger partial charge >= 0.3 is 0 Å². The zero-order chi connectivity index (χ0) is 10.9.